The minimum atomic E-state index is -4.62. The number of carbonyl (C=O) groups excluding carboxylic acids is 1. The summed E-state index contributed by atoms with van der Waals surface area (Å²) in [6.07, 6.45) is 4.46. The van der Waals surface area contributed by atoms with Gasteiger partial charge >= 0.3 is 6.18 Å². The second-order valence-electron chi connectivity index (χ2n) is 9.79. The molecule has 1 spiro atoms. The molecule has 2 aliphatic rings. The number of alkyl halides is 3. The van der Waals surface area contributed by atoms with Crippen molar-refractivity contribution in [1.29, 1.82) is 0 Å². The first-order chi connectivity index (χ1) is 17.0. The van der Waals surface area contributed by atoms with Crippen LogP contribution >= 0.6 is 0 Å². The molecule has 1 aromatic rings. The number of rotatable bonds is 12. The fraction of sp³-hybridized carbons (Fsp3) is 0.680. The number of sulfonamides is 1. The highest BCUT2D eigenvalue weighted by molar-refractivity contribution is 7.89. The van der Waals surface area contributed by atoms with E-state index in [1.807, 2.05) is 0 Å². The summed E-state index contributed by atoms with van der Waals surface area (Å²) in [5, 5.41) is 2.88. The van der Waals surface area contributed by atoms with Crippen LogP contribution in [-0.4, -0.2) is 48.8 Å². The summed E-state index contributed by atoms with van der Waals surface area (Å²) >= 11 is 0. The van der Waals surface area contributed by atoms with Gasteiger partial charge in [0.2, 0.25) is 10.0 Å². The van der Waals surface area contributed by atoms with Crippen LogP contribution in [0.5, 0.6) is 0 Å². The van der Waals surface area contributed by atoms with E-state index in [-0.39, 0.29) is 49.5 Å². The Morgan fingerprint density at radius 2 is 1.69 bits per heavy atom. The third kappa shape index (κ3) is 7.21. The first kappa shape index (κ1) is 28.4. The smallest absolute Gasteiger partial charge is 0.399 e. The molecule has 36 heavy (non-hydrogen) atoms. The third-order valence-electron chi connectivity index (χ3n) is 7.06. The van der Waals surface area contributed by atoms with Crippen LogP contribution in [0.3, 0.4) is 0 Å². The van der Waals surface area contributed by atoms with Gasteiger partial charge in [0, 0.05) is 25.2 Å². The number of amidine groups is 1. The lowest BCUT2D eigenvalue weighted by Gasteiger charge is -2.34. The van der Waals surface area contributed by atoms with Crippen molar-refractivity contribution in [2.45, 2.75) is 89.3 Å². The fourth-order valence-corrected chi connectivity index (χ4v) is 6.34. The number of hydrogen-bond donors (Lipinski definition) is 2. The van der Waals surface area contributed by atoms with Crippen LogP contribution in [0.15, 0.2) is 23.2 Å². The molecule has 11 heteroatoms. The molecule has 0 unspecified atom stereocenters. The maximum absolute atomic E-state index is 13.3. The third-order valence-corrected chi connectivity index (χ3v) is 8.93. The molecule has 0 atom stereocenters. The number of anilines is 1. The minimum absolute atomic E-state index is 0.0306. The Hall–Kier alpha value is -2.14. The van der Waals surface area contributed by atoms with Gasteiger partial charge < -0.3 is 11.1 Å². The van der Waals surface area contributed by atoms with E-state index in [2.05, 4.69) is 17.2 Å². The molecule has 0 aliphatic carbocycles. The topological polar surface area (TPSA) is 105 Å². The Bertz CT molecular complexity index is 1050. The number of aryl methyl sites for hydroxylation is 1. The van der Waals surface area contributed by atoms with Gasteiger partial charge in [0.25, 0.3) is 5.91 Å². The van der Waals surface area contributed by atoms with E-state index >= 15 is 0 Å². The summed E-state index contributed by atoms with van der Waals surface area (Å²) < 4.78 is 67.0. The summed E-state index contributed by atoms with van der Waals surface area (Å²) in [5.41, 5.74) is 3.49. The van der Waals surface area contributed by atoms with Crippen molar-refractivity contribution in [3.8, 4) is 0 Å². The molecular formula is C25H37F3N4O3S. The zero-order chi connectivity index (χ0) is 26.4. The lowest BCUT2D eigenvalue weighted by Crippen LogP contribution is -2.50. The van der Waals surface area contributed by atoms with Crippen molar-refractivity contribution in [1.82, 2.24) is 9.62 Å². The lowest BCUT2D eigenvalue weighted by molar-refractivity contribution is -0.138. The van der Waals surface area contributed by atoms with Crippen molar-refractivity contribution in [3.63, 3.8) is 0 Å². The number of halogens is 3. The van der Waals surface area contributed by atoms with Crippen molar-refractivity contribution in [2.75, 3.05) is 24.6 Å². The molecule has 0 saturated carbocycles. The van der Waals surface area contributed by atoms with Gasteiger partial charge in [-0.25, -0.2) is 12.7 Å². The van der Waals surface area contributed by atoms with Gasteiger partial charge in [-0.05, 0) is 43.4 Å². The van der Waals surface area contributed by atoms with Crippen molar-refractivity contribution >= 4 is 27.5 Å². The van der Waals surface area contributed by atoms with Gasteiger partial charge in [0.05, 0.1) is 11.3 Å². The normalized spacial score (nSPS) is 18.4. The van der Waals surface area contributed by atoms with Crippen LogP contribution in [0.2, 0.25) is 0 Å². The number of nitrogens with one attached hydrogen (secondary N) is 1. The molecule has 3 N–H and O–H groups in total. The van der Waals surface area contributed by atoms with Crippen LogP contribution in [0.25, 0.3) is 0 Å². The van der Waals surface area contributed by atoms with Gasteiger partial charge in [0.1, 0.15) is 11.4 Å². The molecule has 7 nitrogen and oxygen atoms in total. The van der Waals surface area contributed by atoms with Crippen molar-refractivity contribution in [3.05, 3.63) is 29.3 Å². The largest absolute Gasteiger partial charge is 0.416 e. The van der Waals surface area contributed by atoms with Gasteiger partial charge in [-0.3, -0.25) is 9.79 Å². The Morgan fingerprint density at radius 3 is 2.33 bits per heavy atom. The van der Waals surface area contributed by atoms with Gasteiger partial charge in [-0.1, -0.05) is 51.5 Å². The van der Waals surface area contributed by atoms with Crippen LogP contribution in [0.1, 0.15) is 82.3 Å². The van der Waals surface area contributed by atoms with Crippen LogP contribution in [-0.2, 0) is 27.4 Å². The molecular weight excluding hydrogens is 493 g/mol. The van der Waals surface area contributed by atoms with E-state index < -0.39 is 33.1 Å². The molecule has 0 bridgehead atoms. The molecule has 2 heterocycles. The average molecular weight is 531 g/mol. The number of nitrogens with two attached hydrogens (primary N) is 1. The summed E-state index contributed by atoms with van der Waals surface area (Å²) in [4.78, 5) is 17.3. The number of unbranched alkanes of at least 4 members (excludes halogenated alkanes) is 6. The number of amides is 1. The molecule has 0 aromatic heterocycles. The molecule has 2 aliphatic heterocycles. The monoisotopic (exact) mass is 530 g/mol. The Kier molecular flexibility index (Phi) is 9.43. The summed E-state index contributed by atoms with van der Waals surface area (Å²) in [6, 6.07) is 3.39. The van der Waals surface area contributed by atoms with E-state index in [1.54, 1.807) is 0 Å². The zero-order valence-electron chi connectivity index (χ0n) is 20.9. The zero-order valence-corrected chi connectivity index (χ0v) is 21.7. The van der Waals surface area contributed by atoms with E-state index in [0.717, 1.165) is 18.9 Å². The molecule has 1 fully saturated rings. The molecule has 3 rings (SSSR count). The Morgan fingerprint density at radius 1 is 1.06 bits per heavy atom. The highest BCUT2D eigenvalue weighted by atomic mass is 32.2. The van der Waals surface area contributed by atoms with Crippen LogP contribution in [0.4, 0.5) is 18.9 Å². The van der Waals surface area contributed by atoms with E-state index in [1.165, 1.54) is 48.5 Å². The predicted molar refractivity (Wildman–Crippen MR) is 135 cm³/mol. The summed E-state index contributed by atoms with van der Waals surface area (Å²) in [6.45, 7) is 2.40. The van der Waals surface area contributed by atoms with Gasteiger partial charge in [0.15, 0.2) is 0 Å². The maximum atomic E-state index is 13.3. The summed E-state index contributed by atoms with van der Waals surface area (Å²) in [5.74, 6) is 0.0356. The summed E-state index contributed by atoms with van der Waals surface area (Å²) in [7, 11) is -3.80. The quantitative estimate of drug-likeness (QED) is 0.303. The molecule has 1 amide bonds. The van der Waals surface area contributed by atoms with E-state index in [9.17, 15) is 26.4 Å². The Balaban J connectivity index is 1.52. The van der Waals surface area contributed by atoms with Crippen LogP contribution < -0.4 is 11.1 Å². The second kappa shape index (κ2) is 11.9. The highest BCUT2D eigenvalue weighted by Gasteiger charge is 2.47. The number of carbonyl (C=O) groups is 1. The van der Waals surface area contributed by atoms with E-state index in [4.69, 9.17) is 5.73 Å². The molecule has 1 aromatic carbocycles. The fourth-order valence-electron chi connectivity index (χ4n) is 4.87. The molecule has 202 valence electrons. The number of piperidine rings is 1. The first-order valence-electron chi connectivity index (χ1n) is 12.8. The van der Waals surface area contributed by atoms with Gasteiger partial charge in [-0.15, -0.1) is 0 Å². The molecule has 1 saturated heterocycles. The minimum Gasteiger partial charge on any atom is -0.399 e. The Labute approximate surface area is 211 Å². The number of aliphatic imine (C=N–C) groups is 1. The standard InChI is InChI=1S/C25H37F3N4O3S/c1-2-3-4-5-6-7-8-9-22-30-23(33)24(31-22)13-15-32(16-14-24)36(34,35)17-12-19-10-11-20(29)18-21(19)25(26,27)28/h10-11,18H,2-9,12-17,29H2,1H3,(H,30,31,33). The number of nitrogens with zero attached hydrogens (tertiary/aromatic N) is 2. The van der Waals surface area contributed by atoms with E-state index in [0.29, 0.717) is 12.3 Å². The number of nitrogen functional groups attached to an aromatic ring is 1. The number of benzene rings is 1. The highest BCUT2D eigenvalue weighted by Crippen LogP contribution is 2.35. The first-order valence-corrected chi connectivity index (χ1v) is 14.4. The number of hydrogen-bond acceptors (Lipinski definition) is 5. The lowest BCUT2D eigenvalue weighted by atomic mass is 9.89. The SMILES string of the molecule is CCCCCCCCCC1=NC2(CCN(S(=O)(=O)CCc3ccc(N)cc3C(F)(F)F)CC2)C(=O)N1. The second-order valence-corrected chi connectivity index (χ2v) is 11.9. The van der Waals surface area contributed by atoms with Crippen molar-refractivity contribution in [2.24, 2.45) is 4.99 Å². The van der Waals surface area contributed by atoms with Crippen LogP contribution in [0, 0.1) is 0 Å². The maximum Gasteiger partial charge on any atom is 0.416 e. The van der Waals surface area contributed by atoms with Gasteiger partial charge in [-0.2, -0.15) is 13.2 Å². The molecule has 0 radical (unpaired) electrons. The van der Waals surface area contributed by atoms with Crippen molar-refractivity contribution < 1.29 is 26.4 Å². The average Bonchev–Trinajstić information content (AvgIpc) is 3.11. The predicted octanol–water partition coefficient (Wildman–Crippen LogP) is 4.66.